The minimum atomic E-state index is -5.29. The van der Waals surface area contributed by atoms with Crippen LogP contribution >= 0.6 is 0 Å². The first kappa shape index (κ1) is 9.58. The van der Waals surface area contributed by atoms with Crippen LogP contribution in [0.15, 0.2) is 0 Å². The molecule has 10 heavy (non-hydrogen) atoms. The van der Waals surface area contributed by atoms with Crippen LogP contribution in [0.3, 0.4) is 0 Å². The molecule has 0 nitrogen and oxygen atoms in total. The molecule has 0 bridgehead atoms. The molecule has 0 aromatic carbocycles. The molecule has 0 amide bonds. The maximum atomic E-state index is 11.2. The number of hydrogen-bond donors (Lipinski definition) is 0. The number of hydrogen-bond acceptors (Lipinski definition) is 0. The molecular formula is C4H3F6. The fraction of sp³-hybridized carbons (Fsp3) is 0.750. The molecule has 1 radical (unpaired) electrons. The van der Waals surface area contributed by atoms with Crippen LogP contribution in [0.4, 0.5) is 26.3 Å². The Morgan fingerprint density at radius 1 is 0.800 bits per heavy atom. The predicted molar refractivity (Wildman–Crippen MR) is 21.0 cm³/mol. The van der Waals surface area contributed by atoms with E-state index in [1.54, 1.807) is 0 Å². The lowest BCUT2D eigenvalue weighted by Gasteiger charge is -2.17. The van der Waals surface area contributed by atoms with E-state index in [9.17, 15) is 26.3 Å². The van der Waals surface area contributed by atoms with Crippen molar-refractivity contribution in [3.8, 4) is 0 Å². The Morgan fingerprint density at radius 3 is 1.00 bits per heavy atom. The van der Waals surface area contributed by atoms with Crippen molar-refractivity contribution in [3.63, 3.8) is 0 Å². The van der Waals surface area contributed by atoms with Crippen molar-refractivity contribution in [3.05, 3.63) is 6.92 Å². The fourth-order valence-electron chi connectivity index (χ4n) is 0.186. The van der Waals surface area contributed by atoms with E-state index in [1.165, 1.54) is 0 Å². The third-order valence-corrected chi connectivity index (χ3v) is 0.790. The van der Waals surface area contributed by atoms with Crippen LogP contribution in [0, 0.1) is 12.8 Å². The molecule has 0 N–H and O–H groups in total. The molecule has 0 fully saturated rings. The van der Waals surface area contributed by atoms with Crippen LogP contribution in [0.25, 0.3) is 0 Å². The van der Waals surface area contributed by atoms with Gasteiger partial charge in [0.25, 0.3) is 0 Å². The fourth-order valence-corrected chi connectivity index (χ4v) is 0.186. The van der Waals surface area contributed by atoms with Crippen molar-refractivity contribution in [1.29, 1.82) is 0 Å². The van der Waals surface area contributed by atoms with E-state index in [4.69, 9.17) is 0 Å². The van der Waals surface area contributed by atoms with Crippen LogP contribution in [0.2, 0.25) is 0 Å². The van der Waals surface area contributed by atoms with Crippen molar-refractivity contribution in [2.75, 3.05) is 0 Å². The van der Waals surface area contributed by atoms with Gasteiger partial charge in [-0.1, -0.05) is 0 Å². The zero-order chi connectivity index (χ0) is 8.58. The summed E-state index contributed by atoms with van der Waals surface area (Å²) in [5.41, 5.74) is 0. The zero-order valence-electron chi connectivity index (χ0n) is 4.55. The summed E-state index contributed by atoms with van der Waals surface area (Å²) in [6.45, 7) is 1.93. The van der Waals surface area contributed by atoms with Crippen LogP contribution in [-0.4, -0.2) is 12.4 Å². The minimum absolute atomic E-state index is 1.93. The molecule has 0 saturated carbocycles. The van der Waals surface area contributed by atoms with Gasteiger partial charge in [0.15, 0.2) is 5.92 Å². The van der Waals surface area contributed by atoms with Gasteiger partial charge in [-0.05, 0) is 6.92 Å². The molecule has 0 aliphatic carbocycles. The predicted octanol–water partition coefficient (Wildman–Crippen LogP) is 2.56. The lowest BCUT2D eigenvalue weighted by atomic mass is 10.2. The summed E-state index contributed by atoms with van der Waals surface area (Å²) in [5.74, 6) is -3.49. The molecule has 61 valence electrons. The lowest BCUT2D eigenvalue weighted by molar-refractivity contribution is -0.268. The van der Waals surface area contributed by atoms with Gasteiger partial charge in [0.2, 0.25) is 0 Å². The van der Waals surface area contributed by atoms with Crippen molar-refractivity contribution < 1.29 is 26.3 Å². The monoisotopic (exact) mass is 165 g/mol. The largest absolute Gasteiger partial charge is 0.400 e. The van der Waals surface area contributed by atoms with Crippen molar-refractivity contribution >= 4 is 0 Å². The molecule has 0 aliphatic heterocycles. The van der Waals surface area contributed by atoms with Crippen LogP contribution in [0.1, 0.15) is 0 Å². The number of halogens is 6. The Hall–Kier alpha value is -0.420. The van der Waals surface area contributed by atoms with Gasteiger partial charge in [-0.15, -0.1) is 0 Å². The maximum absolute atomic E-state index is 11.2. The van der Waals surface area contributed by atoms with E-state index in [0.717, 1.165) is 0 Å². The highest BCUT2D eigenvalue weighted by Crippen LogP contribution is 2.37. The first-order chi connectivity index (χ1) is 4.15. The molecule has 0 rings (SSSR count). The van der Waals surface area contributed by atoms with Crippen LogP contribution in [0.5, 0.6) is 0 Å². The summed E-state index contributed by atoms with van der Waals surface area (Å²) in [6, 6.07) is 0. The Kier molecular flexibility index (Phi) is 2.22. The van der Waals surface area contributed by atoms with E-state index >= 15 is 0 Å². The average molecular weight is 165 g/mol. The van der Waals surface area contributed by atoms with Gasteiger partial charge in [0.1, 0.15) is 0 Å². The van der Waals surface area contributed by atoms with E-state index < -0.39 is 18.3 Å². The van der Waals surface area contributed by atoms with Gasteiger partial charge in [-0.3, -0.25) is 0 Å². The third-order valence-electron chi connectivity index (χ3n) is 0.790. The highest BCUT2D eigenvalue weighted by Gasteiger charge is 2.53. The first-order valence-electron chi connectivity index (χ1n) is 2.12. The normalized spacial score (nSPS) is 14.4. The summed E-state index contributed by atoms with van der Waals surface area (Å²) in [7, 11) is 0. The summed E-state index contributed by atoms with van der Waals surface area (Å²) in [5, 5.41) is 0. The molecule has 0 spiro atoms. The second kappa shape index (κ2) is 2.32. The maximum Gasteiger partial charge on any atom is 0.400 e. The lowest BCUT2D eigenvalue weighted by Crippen LogP contribution is -2.33. The standard InChI is InChI=1S/C4H3F6/c1-2(3(5,6)7)4(8,9)10/h2H,1H2. The van der Waals surface area contributed by atoms with Gasteiger partial charge in [-0.25, -0.2) is 0 Å². The molecule has 0 atom stereocenters. The third kappa shape index (κ3) is 2.45. The van der Waals surface area contributed by atoms with Gasteiger partial charge in [-0.2, -0.15) is 26.3 Å². The first-order valence-corrected chi connectivity index (χ1v) is 2.12. The molecule has 0 aliphatic rings. The van der Waals surface area contributed by atoms with Crippen LogP contribution < -0.4 is 0 Å². The van der Waals surface area contributed by atoms with Gasteiger partial charge < -0.3 is 0 Å². The van der Waals surface area contributed by atoms with Gasteiger partial charge in [0, 0.05) is 0 Å². The Labute approximate surface area is 52.8 Å². The van der Waals surface area contributed by atoms with E-state index in [-0.39, 0.29) is 0 Å². The highest BCUT2D eigenvalue weighted by molar-refractivity contribution is 4.76. The highest BCUT2D eigenvalue weighted by atomic mass is 19.4. The van der Waals surface area contributed by atoms with Crippen molar-refractivity contribution in [2.45, 2.75) is 12.4 Å². The Balaban J connectivity index is 4.23. The zero-order valence-corrected chi connectivity index (χ0v) is 4.55. The second-order valence-corrected chi connectivity index (χ2v) is 1.64. The number of alkyl halides is 6. The average Bonchev–Trinajstić information content (AvgIpc) is 1.59. The van der Waals surface area contributed by atoms with Gasteiger partial charge >= 0.3 is 12.4 Å². The summed E-state index contributed by atoms with van der Waals surface area (Å²) < 4.78 is 67.0. The minimum Gasteiger partial charge on any atom is -0.170 e. The van der Waals surface area contributed by atoms with Crippen molar-refractivity contribution in [2.24, 2.45) is 5.92 Å². The molecule has 0 aromatic rings. The Bertz CT molecular complexity index is 93.9. The summed E-state index contributed by atoms with van der Waals surface area (Å²) >= 11 is 0. The molecule has 0 heterocycles. The molecule has 0 unspecified atom stereocenters. The molecule has 0 aromatic heterocycles. The molecule has 0 saturated heterocycles. The van der Waals surface area contributed by atoms with Gasteiger partial charge in [0.05, 0.1) is 0 Å². The smallest absolute Gasteiger partial charge is 0.170 e. The van der Waals surface area contributed by atoms with Crippen LogP contribution in [-0.2, 0) is 0 Å². The second-order valence-electron chi connectivity index (χ2n) is 1.64. The topological polar surface area (TPSA) is 0 Å². The quantitative estimate of drug-likeness (QED) is 0.484. The molecule has 6 heteroatoms. The van der Waals surface area contributed by atoms with Crippen molar-refractivity contribution in [1.82, 2.24) is 0 Å². The van der Waals surface area contributed by atoms with E-state index in [1.807, 2.05) is 6.92 Å². The van der Waals surface area contributed by atoms with E-state index in [0.29, 0.717) is 0 Å². The molecular weight excluding hydrogens is 162 g/mol. The van der Waals surface area contributed by atoms with E-state index in [2.05, 4.69) is 0 Å². The summed E-state index contributed by atoms with van der Waals surface area (Å²) in [6.07, 6.45) is -10.6. The number of rotatable bonds is 0. The summed E-state index contributed by atoms with van der Waals surface area (Å²) in [4.78, 5) is 0. The SMILES string of the molecule is [CH2]C(C(F)(F)F)C(F)(F)F. The Morgan fingerprint density at radius 2 is 1.00 bits per heavy atom.